The summed E-state index contributed by atoms with van der Waals surface area (Å²) < 4.78 is 0. The Morgan fingerprint density at radius 1 is 1.13 bits per heavy atom. The van der Waals surface area contributed by atoms with Gasteiger partial charge in [0, 0.05) is 23.9 Å². The molecule has 1 aliphatic rings. The largest absolute Gasteiger partial charge is 0.322 e. The molecule has 2 nitrogen and oxygen atoms in total. The Bertz CT molecular complexity index is 733. The van der Waals surface area contributed by atoms with Gasteiger partial charge in [0.25, 0.3) is 0 Å². The number of hydrogen-bond donors (Lipinski definition) is 0. The fourth-order valence-corrected chi connectivity index (χ4v) is 4.26. The molecular weight excluding hydrogens is 349 g/mol. The van der Waals surface area contributed by atoms with Crippen molar-refractivity contribution in [2.45, 2.75) is 5.37 Å². The Labute approximate surface area is 150 Å². The van der Waals surface area contributed by atoms with E-state index in [-0.39, 0.29) is 11.3 Å². The van der Waals surface area contributed by atoms with Crippen molar-refractivity contribution in [3.63, 3.8) is 0 Å². The van der Waals surface area contributed by atoms with Crippen LogP contribution in [0, 0.1) is 0 Å². The van der Waals surface area contributed by atoms with Crippen LogP contribution in [0.25, 0.3) is 6.08 Å². The number of carbonyl (C=O) groups is 1. The molecule has 0 aromatic heterocycles. The quantitative estimate of drug-likeness (QED) is 0.691. The van der Waals surface area contributed by atoms with E-state index in [0.29, 0.717) is 16.6 Å². The minimum atomic E-state index is -0.0888. The van der Waals surface area contributed by atoms with Crippen LogP contribution in [0.5, 0.6) is 0 Å². The van der Waals surface area contributed by atoms with Gasteiger partial charge < -0.3 is 4.90 Å². The van der Waals surface area contributed by atoms with Gasteiger partial charge in [-0.1, -0.05) is 65.7 Å². The maximum Gasteiger partial charge on any atom is 0.247 e. The second-order valence-electron chi connectivity index (χ2n) is 5.14. The molecule has 0 bridgehead atoms. The number of hydrogen-bond acceptors (Lipinski definition) is 2. The van der Waals surface area contributed by atoms with Crippen LogP contribution in [0.3, 0.4) is 0 Å². The maximum absolute atomic E-state index is 12.5. The number of benzene rings is 2. The zero-order chi connectivity index (χ0) is 16.2. The molecule has 0 spiro atoms. The van der Waals surface area contributed by atoms with E-state index in [4.69, 9.17) is 23.2 Å². The van der Waals surface area contributed by atoms with Gasteiger partial charge in [-0.2, -0.15) is 0 Å². The van der Waals surface area contributed by atoms with E-state index >= 15 is 0 Å². The van der Waals surface area contributed by atoms with Crippen molar-refractivity contribution in [1.82, 2.24) is 4.90 Å². The predicted octanol–water partition coefficient (Wildman–Crippen LogP) is 5.28. The van der Waals surface area contributed by atoms with Crippen LogP contribution in [0.4, 0.5) is 0 Å². The highest BCUT2D eigenvalue weighted by molar-refractivity contribution is 7.99. The summed E-state index contributed by atoms with van der Waals surface area (Å²) in [7, 11) is 0. The van der Waals surface area contributed by atoms with Gasteiger partial charge in [-0.25, -0.2) is 0 Å². The molecule has 5 heteroatoms. The SMILES string of the molecule is O=C(C=Cc1ccccc1)N1CCSC1c1cccc(Cl)c1Cl. The predicted molar refractivity (Wildman–Crippen MR) is 98.9 cm³/mol. The molecule has 0 aliphatic carbocycles. The standard InChI is InChI=1S/C18H15Cl2NOS/c19-15-8-4-7-14(17(15)20)18-21(11-12-23-18)16(22)10-9-13-5-2-1-3-6-13/h1-10,18H,11-12H2. The first-order chi connectivity index (χ1) is 11.2. The van der Waals surface area contributed by atoms with Crippen LogP contribution in [0.15, 0.2) is 54.6 Å². The third-order valence-corrected chi connectivity index (χ3v) is 5.72. The number of carbonyl (C=O) groups excluding carboxylic acids is 1. The van der Waals surface area contributed by atoms with Gasteiger partial charge in [-0.05, 0) is 17.7 Å². The molecule has 23 heavy (non-hydrogen) atoms. The summed E-state index contributed by atoms with van der Waals surface area (Å²) >= 11 is 14.1. The van der Waals surface area contributed by atoms with Gasteiger partial charge in [-0.3, -0.25) is 4.79 Å². The van der Waals surface area contributed by atoms with Crippen molar-refractivity contribution in [3.8, 4) is 0 Å². The lowest BCUT2D eigenvalue weighted by Crippen LogP contribution is -2.28. The first-order valence-electron chi connectivity index (χ1n) is 7.26. The molecule has 3 rings (SSSR count). The lowest BCUT2D eigenvalue weighted by Gasteiger charge is -2.24. The summed E-state index contributed by atoms with van der Waals surface area (Å²) in [5, 5.41) is 0.955. The number of halogens is 2. The molecule has 1 fully saturated rings. The molecule has 0 N–H and O–H groups in total. The van der Waals surface area contributed by atoms with Crippen LogP contribution < -0.4 is 0 Å². The zero-order valence-corrected chi connectivity index (χ0v) is 14.6. The fourth-order valence-electron chi connectivity index (χ4n) is 2.49. The molecule has 1 heterocycles. The molecular formula is C18H15Cl2NOS. The van der Waals surface area contributed by atoms with E-state index in [1.165, 1.54) is 0 Å². The monoisotopic (exact) mass is 363 g/mol. The molecule has 1 aliphatic heterocycles. The topological polar surface area (TPSA) is 20.3 Å². The molecule has 0 radical (unpaired) electrons. The number of thioether (sulfide) groups is 1. The Morgan fingerprint density at radius 2 is 1.91 bits per heavy atom. The summed E-state index contributed by atoms with van der Waals surface area (Å²) in [5.74, 6) is 0.873. The van der Waals surface area contributed by atoms with Crippen LogP contribution in [0.2, 0.25) is 10.0 Å². The smallest absolute Gasteiger partial charge is 0.247 e. The third-order valence-electron chi connectivity index (χ3n) is 3.64. The average Bonchev–Trinajstić information content (AvgIpc) is 3.05. The van der Waals surface area contributed by atoms with Crippen molar-refractivity contribution in [3.05, 3.63) is 75.8 Å². The van der Waals surface area contributed by atoms with Gasteiger partial charge in [0.05, 0.1) is 10.0 Å². The summed E-state index contributed by atoms with van der Waals surface area (Å²) in [6, 6.07) is 15.3. The van der Waals surface area contributed by atoms with E-state index in [1.807, 2.05) is 53.4 Å². The second-order valence-corrected chi connectivity index (χ2v) is 7.12. The van der Waals surface area contributed by atoms with Crippen LogP contribution in [-0.2, 0) is 4.79 Å². The van der Waals surface area contributed by atoms with Gasteiger partial charge in [0.2, 0.25) is 5.91 Å². The van der Waals surface area contributed by atoms with Crippen molar-refractivity contribution < 1.29 is 4.79 Å². The number of rotatable bonds is 3. The van der Waals surface area contributed by atoms with Crippen LogP contribution in [0.1, 0.15) is 16.5 Å². The molecule has 1 saturated heterocycles. The van der Waals surface area contributed by atoms with Crippen molar-refractivity contribution in [2.75, 3.05) is 12.3 Å². The van der Waals surface area contributed by atoms with E-state index in [2.05, 4.69) is 0 Å². The molecule has 2 aromatic carbocycles. The van der Waals surface area contributed by atoms with Gasteiger partial charge in [0.1, 0.15) is 5.37 Å². The Morgan fingerprint density at radius 3 is 2.70 bits per heavy atom. The lowest BCUT2D eigenvalue weighted by atomic mass is 10.2. The van der Waals surface area contributed by atoms with Crippen LogP contribution in [-0.4, -0.2) is 23.1 Å². The van der Waals surface area contributed by atoms with Crippen LogP contribution >= 0.6 is 35.0 Å². The Balaban J connectivity index is 1.80. The third kappa shape index (κ3) is 3.74. The normalized spacial score (nSPS) is 17.8. The van der Waals surface area contributed by atoms with Crippen molar-refractivity contribution in [2.24, 2.45) is 0 Å². The highest BCUT2D eigenvalue weighted by atomic mass is 35.5. The first-order valence-corrected chi connectivity index (χ1v) is 9.06. The minimum Gasteiger partial charge on any atom is -0.322 e. The molecule has 1 amide bonds. The fraction of sp³-hybridized carbons (Fsp3) is 0.167. The molecule has 1 unspecified atom stereocenters. The number of nitrogens with zero attached hydrogens (tertiary/aromatic N) is 1. The minimum absolute atomic E-state index is 0.0140. The first kappa shape index (κ1) is 16.4. The van der Waals surface area contributed by atoms with E-state index < -0.39 is 0 Å². The van der Waals surface area contributed by atoms with Crippen molar-refractivity contribution >= 4 is 46.9 Å². The van der Waals surface area contributed by atoms with Gasteiger partial charge in [-0.15, -0.1) is 11.8 Å². The van der Waals surface area contributed by atoms with Gasteiger partial charge >= 0.3 is 0 Å². The Kier molecular flexibility index (Phi) is 5.31. The van der Waals surface area contributed by atoms with E-state index in [0.717, 1.165) is 16.9 Å². The summed E-state index contributed by atoms with van der Waals surface area (Å²) in [4.78, 5) is 14.4. The van der Waals surface area contributed by atoms with E-state index in [9.17, 15) is 4.79 Å². The maximum atomic E-state index is 12.5. The van der Waals surface area contributed by atoms with Crippen molar-refractivity contribution in [1.29, 1.82) is 0 Å². The molecule has 1 atom stereocenters. The zero-order valence-electron chi connectivity index (χ0n) is 12.3. The highest BCUT2D eigenvalue weighted by Gasteiger charge is 2.31. The Hall–Kier alpha value is -1.42. The second kappa shape index (κ2) is 7.43. The lowest BCUT2D eigenvalue weighted by molar-refractivity contribution is -0.126. The molecule has 118 valence electrons. The molecule has 0 saturated carbocycles. The summed E-state index contributed by atoms with van der Waals surface area (Å²) in [6.45, 7) is 0.705. The van der Waals surface area contributed by atoms with Gasteiger partial charge in [0.15, 0.2) is 0 Å². The number of amides is 1. The average molecular weight is 364 g/mol. The van der Waals surface area contributed by atoms with E-state index in [1.54, 1.807) is 23.9 Å². The molecule has 2 aromatic rings. The summed E-state index contributed by atoms with van der Waals surface area (Å²) in [6.07, 6.45) is 3.45. The summed E-state index contributed by atoms with van der Waals surface area (Å²) in [5.41, 5.74) is 1.90. The highest BCUT2D eigenvalue weighted by Crippen LogP contribution is 2.42.